The van der Waals surface area contributed by atoms with Crippen LogP contribution in [-0.4, -0.2) is 51.4 Å². The highest BCUT2D eigenvalue weighted by atomic mass is 16.8. The fraction of sp³-hybridized carbons (Fsp3) is 0.500. The molecule has 0 aromatic heterocycles. The summed E-state index contributed by atoms with van der Waals surface area (Å²) in [6.07, 6.45) is -1.91. The molecule has 0 bridgehead atoms. The number of esters is 1. The Labute approximate surface area is 161 Å². The van der Waals surface area contributed by atoms with E-state index in [4.69, 9.17) is 9.47 Å². The number of ether oxygens (including phenoxy) is 2. The first-order valence-corrected chi connectivity index (χ1v) is 8.76. The van der Waals surface area contributed by atoms with Crippen molar-refractivity contribution in [2.75, 3.05) is 6.54 Å². The standard InChI is InChI=1S/C18H24N2O8/c1-18(2,3)28-16(23)14(11-7-4-5-8-12(11)20(25)26)27-17(24)19-10-6-9-13(19)15(21)22/h4-5,7-8,13-14,20,25H,6,9-10H2,1-3H3,(H,21,22)/t13-,14?/m0/s1. The Balaban J connectivity index is 2.35. The largest absolute Gasteiger partial charge is 0.595 e. The Morgan fingerprint density at radius 2 is 1.93 bits per heavy atom. The van der Waals surface area contributed by atoms with Crippen LogP contribution in [-0.2, 0) is 19.1 Å². The van der Waals surface area contributed by atoms with Crippen molar-refractivity contribution in [3.8, 4) is 0 Å². The Morgan fingerprint density at radius 1 is 1.29 bits per heavy atom. The van der Waals surface area contributed by atoms with Crippen LogP contribution in [0, 0.1) is 5.21 Å². The summed E-state index contributed by atoms with van der Waals surface area (Å²) in [6, 6.07) is 4.55. The molecule has 28 heavy (non-hydrogen) atoms. The van der Waals surface area contributed by atoms with Crippen molar-refractivity contribution in [3.63, 3.8) is 0 Å². The number of amides is 1. The van der Waals surface area contributed by atoms with Gasteiger partial charge in [0.15, 0.2) is 5.69 Å². The molecule has 1 aliphatic heterocycles. The van der Waals surface area contributed by atoms with Gasteiger partial charge in [-0.1, -0.05) is 12.1 Å². The van der Waals surface area contributed by atoms with Gasteiger partial charge in [0.05, 0.1) is 5.56 Å². The molecule has 1 aromatic rings. The van der Waals surface area contributed by atoms with Crippen LogP contribution < -0.4 is 5.23 Å². The van der Waals surface area contributed by atoms with Gasteiger partial charge in [-0.05, 0) is 39.7 Å². The van der Waals surface area contributed by atoms with Gasteiger partial charge in [0.1, 0.15) is 11.6 Å². The predicted octanol–water partition coefficient (Wildman–Crippen LogP) is 1.16. The lowest BCUT2D eigenvalue weighted by molar-refractivity contribution is -0.991. The van der Waals surface area contributed by atoms with Gasteiger partial charge in [0.25, 0.3) is 0 Å². The fourth-order valence-electron chi connectivity index (χ4n) is 2.92. The van der Waals surface area contributed by atoms with E-state index in [9.17, 15) is 29.9 Å². The smallest absolute Gasteiger partial charge is 0.411 e. The summed E-state index contributed by atoms with van der Waals surface area (Å²) < 4.78 is 10.6. The summed E-state index contributed by atoms with van der Waals surface area (Å²) >= 11 is 0. The maximum atomic E-state index is 12.7. The molecule has 1 fully saturated rings. The first-order valence-electron chi connectivity index (χ1n) is 8.76. The molecule has 2 rings (SSSR count). The normalized spacial score (nSPS) is 19.0. The number of likely N-dealkylation sites (tertiary alicyclic amines) is 1. The number of nitrogens with one attached hydrogen (secondary N) is 1. The molecule has 1 aromatic carbocycles. The Hall–Kier alpha value is -2.69. The number of carbonyl (C=O) groups excluding carboxylic acids is 2. The molecule has 1 amide bonds. The second-order valence-electron chi connectivity index (χ2n) is 7.38. The number of hydrogen-bond acceptors (Lipinski definition) is 7. The van der Waals surface area contributed by atoms with Crippen LogP contribution in [0.4, 0.5) is 10.5 Å². The minimum atomic E-state index is -1.64. The van der Waals surface area contributed by atoms with Gasteiger partial charge in [-0.2, -0.15) is 5.23 Å². The Morgan fingerprint density at radius 3 is 2.50 bits per heavy atom. The molecule has 0 saturated carbocycles. The zero-order chi connectivity index (χ0) is 21.1. The van der Waals surface area contributed by atoms with Crippen molar-refractivity contribution in [3.05, 3.63) is 35.0 Å². The Bertz CT molecular complexity index is 743. The molecule has 1 heterocycles. The van der Waals surface area contributed by atoms with Crippen molar-refractivity contribution in [1.29, 1.82) is 0 Å². The van der Waals surface area contributed by atoms with E-state index in [1.807, 2.05) is 0 Å². The quantitative estimate of drug-likeness (QED) is 0.497. The average Bonchev–Trinajstić information content (AvgIpc) is 3.08. The number of para-hydroxylation sites is 1. The van der Waals surface area contributed by atoms with E-state index in [2.05, 4.69) is 0 Å². The monoisotopic (exact) mass is 396 g/mol. The molecule has 0 aliphatic carbocycles. The molecule has 3 atom stereocenters. The number of nitrogens with zero attached hydrogens (tertiary/aromatic N) is 1. The van der Waals surface area contributed by atoms with Crippen molar-refractivity contribution >= 4 is 23.7 Å². The van der Waals surface area contributed by atoms with Gasteiger partial charge >= 0.3 is 18.0 Å². The average molecular weight is 396 g/mol. The molecule has 154 valence electrons. The summed E-state index contributed by atoms with van der Waals surface area (Å²) in [5, 5.41) is 28.9. The van der Waals surface area contributed by atoms with Crippen molar-refractivity contribution in [2.45, 2.75) is 51.4 Å². The predicted molar refractivity (Wildman–Crippen MR) is 94.6 cm³/mol. The number of carbonyl (C=O) groups is 3. The van der Waals surface area contributed by atoms with Crippen molar-refractivity contribution in [2.24, 2.45) is 0 Å². The van der Waals surface area contributed by atoms with Crippen LogP contribution in [0.5, 0.6) is 0 Å². The van der Waals surface area contributed by atoms with Crippen LogP contribution in [0.15, 0.2) is 24.3 Å². The summed E-state index contributed by atoms with van der Waals surface area (Å²) in [7, 11) is 0. The van der Waals surface area contributed by atoms with Crippen LogP contribution in [0.3, 0.4) is 0 Å². The van der Waals surface area contributed by atoms with Crippen LogP contribution in [0.1, 0.15) is 45.3 Å². The lowest BCUT2D eigenvalue weighted by Crippen LogP contribution is -2.99. The van der Waals surface area contributed by atoms with Crippen LogP contribution >= 0.6 is 0 Å². The number of carboxylic acid groups (broad SMARTS) is 1. The first-order chi connectivity index (χ1) is 13.0. The number of aliphatic carboxylic acids is 1. The van der Waals surface area contributed by atoms with Gasteiger partial charge in [0, 0.05) is 12.6 Å². The molecule has 2 unspecified atom stereocenters. The highest BCUT2D eigenvalue weighted by Gasteiger charge is 2.39. The van der Waals surface area contributed by atoms with Gasteiger partial charge in [-0.25, -0.2) is 19.6 Å². The Kier molecular flexibility index (Phi) is 6.60. The van der Waals surface area contributed by atoms with E-state index in [-0.39, 0.29) is 24.2 Å². The molecular weight excluding hydrogens is 372 g/mol. The molecule has 0 radical (unpaired) electrons. The summed E-state index contributed by atoms with van der Waals surface area (Å²) in [5.41, 5.74) is -1.18. The highest BCUT2D eigenvalue weighted by molar-refractivity contribution is 5.84. The molecule has 1 aliphatic rings. The SMILES string of the molecule is CC(C)(C)OC(=O)C(OC(=O)N1CCC[C@H]1C(=O)O)c1ccccc1[NH+]([O-])O. The van der Waals surface area contributed by atoms with E-state index in [0.29, 0.717) is 6.42 Å². The van der Waals surface area contributed by atoms with E-state index in [1.165, 1.54) is 24.3 Å². The molecule has 1 saturated heterocycles. The van der Waals surface area contributed by atoms with Crippen LogP contribution in [0.25, 0.3) is 0 Å². The minimum Gasteiger partial charge on any atom is -0.595 e. The second-order valence-corrected chi connectivity index (χ2v) is 7.38. The third kappa shape index (κ3) is 5.18. The topological polar surface area (TPSA) is 141 Å². The number of quaternary nitrogens is 1. The highest BCUT2D eigenvalue weighted by Crippen LogP contribution is 2.29. The molecule has 10 nitrogen and oxygen atoms in total. The van der Waals surface area contributed by atoms with Crippen molar-refractivity contribution < 1.29 is 39.4 Å². The zero-order valence-electron chi connectivity index (χ0n) is 15.9. The van der Waals surface area contributed by atoms with Gasteiger partial charge in [0.2, 0.25) is 6.10 Å². The van der Waals surface area contributed by atoms with Gasteiger partial charge in [-0.3, -0.25) is 4.90 Å². The molecular formula is C18H24N2O8. The number of rotatable bonds is 5. The third-order valence-electron chi connectivity index (χ3n) is 4.09. The van der Waals surface area contributed by atoms with E-state index in [1.54, 1.807) is 20.8 Å². The van der Waals surface area contributed by atoms with Crippen LogP contribution in [0.2, 0.25) is 0 Å². The fourth-order valence-corrected chi connectivity index (χ4v) is 2.92. The lowest BCUT2D eigenvalue weighted by atomic mass is 10.1. The minimum absolute atomic E-state index is 0.0522. The summed E-state index contributed by atoms with van der Waals surface area (Å²) in [4.78, 5) is 37.6. The number of benzene rings is 1. The van der Waals surface area contributed by atoms with E-state index < -0.39 is 41.0 Å². The molecule has 3 N–H and O–H groups in total. The number of hydrogen-bond donors (Lipinski definition) is 3. The summed E-state index contributed by atoms with van der Waals surface area (Å²) in [5.74, 6) is -2.12. The first kappa shape index (κ1) is 21.6. The lowest BCUT2D eigenvalue weighted by Gasteiger charge is -2.28. The third-order valence-corrected chi connectivity index (χ3v) is 4.09. The van der Waals surface area contributed by atoms with E-state index in [0.717, 1.165) is 4.90 Å². The summed E-state index contributed by atoms with van der Waals surface area (Å²) in [6.45, 7) is 5.02. The zero-order valence-corrected chi connectivity index (χ0v) is 15.9. The van der Waals surface area contributed by atoms with Crippen molar-refractivity contribution in [1.82, 2.24) is 4.90 Å². The molecule has 0 spiro atoms. The molecule has 10 heteroatoms. The second kappa shape index (κ2) is 8.55. The van der Waals surface area contributed by atoms with E-state index >= 15 is 0 Å². The van der Waals surface area contributed by atoms with Gasteiger partial charge in [-0.15, -0.1) is 0 Å². The number of carboxylic acids is 1. The maximum absolute atomic E-state index is 12.7. The maximum Gasteiger partial charge on any atom is 0.411 e. The van der Waals surface area contributed by atoms with Gasteiger partial charge < -0.3 is 19.8 Å².